The van der Waals surface area contributed by atoms with Crippen molar-refractivity contribution in [3.63, 3.8) is 0 Å². The van der Waals surface area contributed by atoms with Crippen LogP contribution in [0.25, 0.3) is 16.5 Å². The third kappa shape index (κ3) is 5.67. The summed E-state index contributed by atoms with van der Waals surface area (Å²) in [5.74, 6) is 0.641. The molecule has 4 nitrogen and oxygen atoms in total. The van der Waals surface area contributed by atoms with E-state index < -0.39 is 0 Å². The molecule has 1 saturated heterocycles. The topological polar surface area (TPSA) is 58.0 Å². The third-order valence-corrected chi connectivity index (χ3v) is 6.66. The SMILES string of the molecule is C/C=C\C(=C/C)SN1CC(Cn2ccc3cc(/C(C=N)=C/N)ccc32)CC1C.CC. The number of hydrogen-bond donors (Lipinski definition) is 2. The summed E-state index contributed by atoms with van der Waals surface area (Å²) >= 11 is 1.87. The van der Waals surface area contributed by atoms with E-state index in [4.69, 9.17) is 11.1 Å². The lowest BCUT2D eigenvalue weighted by molar-refractivity contribution is 0.452. The molecule has 3 rings (SSSR count). The lowest BCUT2D eigenvalue weighted by Gasteiger charge is -2.20. The summed E-state index contributed by atoms with van der Waals surface area (Å²) in [4.78, 5) is 1.31. The molecule has 0 saturated carbocycles. The van der Waals surface area contributed by atoms with Gasteiger partial charge in [-0.25, -0.2) is 4.31 Å². The average Bonchev–Trinajstić information content (AvgIpc) is 3.33. The van der Waals surface area contributed by atoms with Crippen LogP contribution in [0.4, 0.5) is 0 Å². The molecule has 1 aromatic carbocycles. The Labute approximate surface area is 186 Å². The highest BCUT2D eigenvalue weighted by molar-refractivity contribution is 8.01. The predicted molar refractivity (Wildman–Crippen MR) is 135 cm³/mol. The van der Waals surface area contributed by atoms with E-state index in [1.165, 1.54) is 34.6 Å². The third-order valence-electron chi connectivity index (χ3n) is 5.34. The highest BCUT2D eigenvalue weighted by Crippen LogP contribution is 2.35. The Kier molecular flexibility index (Phi) is 9.47. The predicted octanol–water partition coefficient (Wildman–Crippen LogP) is 6.46. The summed E-state index contributed by atoms with van der Waals surface area (Å²) in [6, 6.07) is 9.05. The molecule has 1 aromatic heterocycles. The van der Waals surface area contributed by atoms with Gasteiger partial charge >= 0.3 is 0 Å². The van der Waals surface area contributed by atoms with Crippen molar-refractivity contribution in [3.8, 4) is 0 Å². The van der Waals surface area contributed by atoms with Crippen molar-refractivity contribution in [2.24, 2.45) is 11.7 Å². The fourth-order valence-electron chi connectivity index (χ4n) is 3.89. The molecule has 1 fully saturated rings. The Morgan fingerprint density at radius 2 is 2.03 bits per heavy atom. The van der Waals surface area contributed by atoms with Gasteiger partial charge < -0.3 is 15.7 Å². The Bertz CT molecular complexity index is 922. The van der Waals surface area contributed by atoms with Gasteiger partial charge in [-0.2, -0.15) is 0 Å². The van der Waals surface area contributed by atoms with Gasteiger partial charge in [0.1, 0.15) is 0 Å². The molecule has 30 heavy (non-hydrogen) atoms. The van der Waals surface area contributed by atoms with Crippen LogP contribution in [0.15, 0.2) is 59.8 Å². The van der Waals surface area contributed by atoms with Gasteiger partial charge in [0.2, 0.25) is 0 Å². The van der Waals surface area contributed by atoms with Crippen molar-refractivity contribution >= 4 is 34.6 Å². The van der Waals surface area contributed by atoms with Crippen molar-refractivity contribution in [1.29, 1.82) is 5.41 Å². The van der Waals surface area contributed by atoms with Crippen LogP contribution in [-0.2, 0) is 6.54 Å². The van der Waals surface area contributed by atoms with E-state index in [0.717, 1.165) is 24.2 Å². The molecule has 1 aliphatic rings. The molecule has 0 bridgehead atoms. The second kappa shape index (κ2) is 11.8. The minimum atomic E-state index is 0.577. The van der Waals surface area contributed by atoms with Crippen LogP contribution in [0.1, 0.15) is 46.6 Å². The fraction of sp³-hybridized carbons (Fsp3) is 0.400. The van der Waals surface area contributed by atoms with Crippen molar-refractivity contribution in [2.45, 2.75) is 53.6 Å². The Balaban J connectivity index is 0.00000155. The summed E-state index contributed by atoms with van der Waals surface area (Å²) in [6.45, 7) is 12.6. The van der Waals surface area contributed by atoms with Gasteiger partial charge in [0.15, 0.2) is 0 Å². The molecular weight excluding hydrogens is 388 g/mol. The Morgan fingerprint density at radius 1 is 1.27 bits per heavy atom. The monoisotopic (exact) mass is 424 g/mol. The van der Waals surface area contributed by atoms with Crippen molar-refractivity contribution in [2.75, 3.05) is 6.54 Å². The average molecular weight is 425 g/mol. The van der Waals surface area contributed by atoms with Crippen LogP contribution in [0.2, 0.25) is 0 Å². The first-order valence-corrected chi connectivity index (χ1v) is 11.6. The van der Waals surface area contributed by atoms with E-state index in [0.29, 0.717) is 12.0 Å². The molecule has 5 heteroatoms. The number of allylic oxidation sites excluding steroid dienone is 4. The normalized spacial score (nSPS) is 20.6. The standard InChI is InChI=1S/C23H30N4S.C2H6/c1-4-6-22(5-2)28-27-16-18(11-17(27)3)15-26-10-9-20-12-19(7-8-23(20)26)21(13-24)14-25;1-2/h4-10,12-14,17-18,24H,11,15-16,25H2,1-3H3;1-2H3/b6-4-,21-14+,22-5+,24-13?;. The van der Waals surface area contributed by atoms with Gasteiger partial charge in [-0.05, 0) is 68.8 Å². The first kappa shape index (κ1) is 24.0. The summed E-state index contributed by atoms with van der Waals surface area (Å²) in [5, 5.41) is 8.69. The molecule has 2 heterocycles. The zero-order chi connectivity index (χ0) is 22.1. The molecule has 2 unspecified atom stereocenters. The zero-order valence-corrected chi connectivity index (χ0v) is 19.7. The van der Waals surface area contributed by atoms with Gasteiger partial charge in [0.05, 0.1) is 0 Å². The van der Waals surface area contributed by atoms with Crippen LogP contribution in [0, 0.1) is 11.3 Å². The number of rotatable bonds is 7. The van der Waals surface area contributed by atoms with Gasteiger partial charge in [-0.3, -0.25) is 0 Å². The molecule has 2 atom stereocenters. The van der Waals surface area contributed by atoms with Gasteiger partial charge in [-0.1, -0.05) is 38.1 Å². The van der Waals surface area contributed by atoms with Crippen molar-refractivity contribution in [3.05, 3.63) is 65.4 Å². The second-order valence-corrected chi connectivity index (χ2v) is 8.46. The lowest BCUT2D eigenvalue weighted by Crippen LogP contribution is -2.19. The lowest BCUT2D eigenvalue weighted by atomic mass is 10.1. The summed E-state index contributed by atoms with van der Waals surface area (Å²) < 4.78 is 4.88. The smallest absolute Gasteiger partial charge is 0.0480 e. The highest BCUT2D eigenvalue weighted by atomic mass is 32.2. The Morgan fingerprint density at radius 3 is 2.67 bits per heavy atom. The molecular formula is C25H36N4S. The van der Waals surface area contributed by atoms with Crippen LogP contribution in [-0.4, -0.2) is 27.7 Å². The minimum absolute atomic E-state index is 0.577. The number of hydrogen-bond acceptors (Lipinski definition) is 4. The van der Waals surface area contributed by atoms with Gasteiger partial charge in [0, 0.05) is 59.1 Å². The summed E-state index contributed by atoms with van der Waals surface area (Å²) in [6.07, 6.45) is 12.7. The number of fused-ring (bicyclic) bond motifs is 1. The van der Waals surface area contributed by atoms with Gasteiger partial charge in [-0.15, -0.1) is 0 Å². The van der Waals surface area contributed by atoms with E-state index >= 15 is 0 Å². The molecule has 162 valence electrons. The number of benzene rings is 1. The number of nitrogens with two attached hydrogens (primary N) is 1. The first-order valence-electron chi connectivity index (χ1n) is 10.8. The molecule has 3 N–H and O–H groups in total. The van der Waals surface area contributed by atoms with Gasteiger partial charge in [0.25, 0.3) is 0 Å². The fourth-order valence-corrected chi connectivity index (χ4v) is 5.02. The van der Waals surface area contributed by atoms with E-state index in [2.05, 4.69) is 78.3 Å². The van der Waals surface area contributed by atoms with Crippen LogP contribution in [0.3, 0.4) is 0 Å². The molecule has 0 spiro atoms. The van der Waals surface area contributed by atoms with Crippen LogP contribution >= 0.6 is 11.9 Å². The molecule has 0 radical (unpaired) electrons. The maximum absolute atomic E-state index is 7.49. The molecule has 1 aliphatic heterocycles. The van der Waals surface area contributed by atoms with E-state index in [1.54, 1.807) is 0 Å². The quantitative estimate of drug-likeness (QED) is 0.305. The van der Waals surface area contributed by atoms with Crippen LogP contribution in [0.5, 0.6) is 0 Å². The summed E-state index contributed by atoms with van der Waals surface area (Å²) in [7, 11) is 0. The minimum Gasteiger partial charge on any atom is -0.404 e. The number of nitrogens with one attached hydrogen (secondary N) is 1. The molecule has 0 aliphatic carbocycles. The second-order valence-electron chi connectivity index (χ2n) is 7.34. The molecule has 2 aromatic rings. The van der Waals surface area contributed by atoms with E-state index in [9.17, 15) is 0 Å². The van der Waals surface area contributed by atoms with Crippen molar-refractivity contribution in [1.82, 2.24) is 8.87 Å². The maximum Gasteiger partial charge on any atom is 0.0480 e. The van der Waals surface area contributed by atoms with Crippen LogP contribution < -0.4 is 5.73 Å². The van der Waals surface area contributed by atoms with E-state index in [1.807, 2.05) is 25.8 Å². The Hall–Kier alpha value is -2.24. The summed E-state index contributed by atoms with van der Waals surface area (Å²) in [5.41, 5.74) is 8.60. The number of nitrogens with zero attached hydrogens (tertiary/aromatic N) is 2. The zero-order valence-electron chi connectivity index (χ0n) is 18.9. The largest absolute Gasteiger partial charge is 0.404 e. The highest BCUT2D eigenvalue weighted by Gasteiger charge is 2.30. The maximum atomic E-state index is 7.49. The van der Waals surface area contributed by atoms with Crippen molar-refractivity contribution < 1.29 is 0 Å². The first-order chi connectivity index (χ1) is 14.6. The number of aromatic nitrogens is 1. The molecule has 0 amide bonds. The van der Waals surface area contributed by atoms with E-state index in [-0.39, 0.29) is 0 Å².